The molecule has 0 unspecified atom stereocenters. The van der Waals surface area contributed by atoms with E-state index >= 15 is 0 Å². The van der Waals surface area contributed by atoms with E-state index in [1.165, 1.54) is 18.4 Å². The molecular formula is C21H24N2O. The molecule has 2 aromatic carbocycles. The molecule has 4 rings (SSSR count). The summed E-state index contributed by atoms with van der Waals surface area (Å²) in [6.45, 7) is 3.99. The molecule has 1 aliphatic heterocycles. The van der Waals surface area contributed by atoms with Gasteiger partial charge >= 0.3 is 0 Å². The number of anilines is 2. The highest BCUT2D eigenvalue weighted by Crippen LogP contribution is 2.49. The second kappa shape index (κ2) is 5.97. The Morgan fingerprint density at radius 1 is 1.04 bits per heavy atom. The van der Waals surface area contributed by atoms with Crippen LogP contribution in [0.4, 0.5) is 11.4 Å². The second-order valence-corrected chi connectivity index (χ2v) is 7.12. The minimum atomic E-state index is 0.157. The first kappa shape index (κ1) is 15.3. The van der Waals surface area contributed by atoms with Crippen LogP contribution in [0.25, 0.3) is 0 Å². The van der Waals surface area contributed by atoms with Gasteiger partial charge < -0.3 is 10.2 Å². The second-order valence-electron chi connectivity index (χ2n) is 7.12. The van der Waals surface area contributed by atoms with E-state index in [4.69, 9.17) is 0 Å². The Morgan fingerprint density at radius 2 is 1.71 bits per heavy atom. The number of para-hydroxylation sites is 2. The lowest BCUT2D eigenvalue weighted by molar-refractivity contribution is -0.117. The number of carbonyl (C=O) groups excluding carboxylic acids is 1. The fourth-order valence-electron chi connectivity index (χ4n) is 4.23. The Hall–Kier alpha value is -2.29. The lowest BCUT2D eigenvalue weighted by Gasteiger charge is -2.46. The topological polar surface area (TPSA) is 32.3 Å². The maximum absolute atomic E-state index is 12.4. The van der Waals surface area contributed by atoms with Gasteiger partial charge in [0.25, 0.3) is 0 Å². The van der Waals surface area contributed by atoms with E-state index in [-0.39, 0.29) is 11.9 Å². The van der Waals surface area contributed by atoms with Crippen LogP contribution in [0, 0.1) is 11.8 Å². The van der Waals surface area contributed by atoms with Gasteiger partial charge in [-0.25, -0.2) is 0 Å². The molecule has 124 valence electrons. The van der Waals surface area contributed by atoms with Crippen molar-refractivity contribution in [3.05, 3.63) is 60.2 Å². The standard InChI is InChI=1S/C21H24N2O/c1-14-20(22-17-8-4-3-5-9-17)18-10-6-7-11-19(18)23(15(2)24)21(14)16-12-13-16/h3-11,14,16,20-22H,12-13H2,1-2H3/t14-,20-,21-/m1/s1. The molecule has 2 aromatic rings. The number of hydrogen-bond acceptors (Lipinski definition) is 2. The van der Waals surface area contributed by atoms with Gasteiger partial charge in [-0.2, -0.15) is 0 Å². The molecule has 0 radical (unpaired) electrons. The van der Waals surface area contributed by atoms with Crippen molar-refractivity contribution in [1.29, 1.82) is 0 Å². The molecule has 0 saturated heterocycles. The van der Waals surface area contributed by atoms with Crippen LogP contribution in [0.2, 0.25) is 0 Å². The monoisotopic (exact) mass is 320 g/mol. The highest BCUT2D eigenvalue weighted by Gasteiger charge is 2.47. The summed E-state index contributed by atoms with van der Waals surface area (Å²) in [5, 5.41) is 3.72. The number of hydrogen-bond donors (Lipinski definition) is 1. The number of rotatable bonds is 3. The highest BCUT2D eigenvalue weighted by molar-refractivity contribution is 5.94. The zero-order valence-electron chi connectivity index (χ0n) is 14.3. The maximum atomic E-state index is 12.4. The lowest BCUT2D eigenvalue weighted by Crippen LogP contribution is -2.51. The Bertz CT molecular complexity index is 739. The summed E-state index contributed by atoms with van der Waals surface area (Å²) in [6, 6.07) is 19.2. The molecule has 3 heteroatoms. The highest BCUT2D eigenvalue weighted by atomic mass is 16.2. The van der Waals surface area contributed by atoms with Gasteiger partial charge in [-0.1, -0.05) is 43.3 Å². The molecule has 3 nitrogen and oxygen atoms in total. The number of amides is 1. The summed E-state index contributed by atoms with van der Waals surface area (Å²) in [6.07, 6.45) is 2.47. The van der Waals surface area contributed by atoms with E-state index in [1.54, 1.807) is 6.92 Å². The van der Waals surface area contributed by atoms with E-state index in [2.05, 4.69) is 59.6 Å². The first-order valence-corrected chi connectivity index (χ1v) is 8.87. The molecule has 1 saturated carbocycles. The third-order valence-corrected chi connectivity index (χ3v) is 5.43. The molecule has 1 fully saturated rings. The fourth-order valence-corrected chi connectivity index (χ4v) is 4.23. The molecule has 2 aliphatic rings. The predicted octanol–water partition coefficient (Wildman–Crippen LogP) is 4.62. The molecule has 3 atom stereocenters. The number of fused-ring (bicyclic) bond motifs is 1. The van der Waals surface area contributed by atoms with Crippen LogP contribution in [0.5, 0.6) is 0 Å². The Kier molecular flexibility index (Phi) is 3.79. The van der Waals surface area contributed by atoms with Gasteiger partial charge in [0.1, 0.15) is 0 Å². The van der Waals surface area contributed by atoms with Crippen molar-refractivity contribution in [2.24, 2.45) is 11.8 Å². The number of carbonyl (C=O) groups is 1. The molecule has 1 aliphatic carbocycles. The van der Waals surface area contributed by atoms with Crippen LogP contribution >= 0.6 is 0 Å². The summed E-state index contributed by atoms with van der Waals surface area (Å²) in [4.78, 5) is 14.5. The normalized spacial score (nSPS) is 25.9. The Morgan fingerprint density at radius 3 is 2.38 bits per heavy atom. The predicted molar refractivity (Wildman–Crippen MR) is 98.1 cm³/mol. The van der Waals surface area contributed by atoms with Crippen LogP contribution < -0.4 is 10.2 Å². The average molecular weight is 320 g/mol. The van der Waals surface area contributed by atoms with Crippen LogP contribution in [-0.4, -0.2) is 11.9 Å². The van der Waals surface area contributed by atoms with Gasteiger partial charge in [-0.3, -0.25) is 4.79 Å². The first-order chi connectivity index (χ1) is 11.7. The van der Waals surface area contributed by atoms with Crippen LogP contribution in [0.1, 0.15) is 38.3 Å². The number of nitrogens with one attached hydrogen (secondary N) is 1. The van der Waals surface area contributed by atoms with Crippen molar-refractivity contribution in [1.82, 2.24) is 0 Å². The molecular weight excluding hydrogens is 296 g/mol. The Balaban J connectivity index is 1.78. The van der Waals surface area contributed by atoms with E-state index in [0.717, 1.165) is 11.4 Å². The third-order valence-electron chi connectivity index (χ3n) is 5.43. The SMILES string of the molecule is CC(=O)N1c2ccccc2[C@H](Nc2ccccc2)[C@@H](C)[C@@H]1C1CC1. The number of nitrogens with zero attached hydrogens (tertiary/aromatic N) is 1. The molecule has 1 N–H and O–H groups in total. The lowest BCUT2D eigenvalue weighted by atomic mass is 9.80. The van der Waals surface area contributed by atoms with Gasteiger partial charge in [0, 0.05) is 30.3 Å². The van der Waals surface area contributed by atoms with Crippen molar-refractivity contribution < 1.29 is 4.79 Å². The van der Waals surface area contributed by atoms with Gasteiger partial charge in [-0.05, 0) is 42.5 Å². The van der Waals surface area contributed by atoms with E-state index in [0.29, 0.717) is 17.9 Å². The molecule has 0 spiro atoms. The molecule has 1 heterocycles. The van der Waals surface area contributed by atoms with Crippen LogP contribution in [0.3, 0.4) is 0 Å². The minimum Gasteiger partial charge on any atom is -0.378 e. The quantitative estimate of drug-likeness (QED) is 0.895. The van der Waals surface area contributed by atoms with E-state index < -0.39 is 0 Å². The molecule has 0 bridgehead atoms. The van der Waals surface area contributed by atoms with Crippen LogP contribution in [0.15, 0.2) is 54.6 Å². The molecule has 0 aromatic heterocycles. The van der Waals surface area contributed by atoms with E-state index in [1.807, 2.05) is 12.1 Å². The summed E-state index contributed by atoms with van der Waals surface area (Å²) < 4.78 is 0. The average Bonchev–Trinajstić information content (AvgIpc) is 3.42. The van der Waals surface area contributed by atoms with Gasteiger partial charge in [-0.15, -0.1) is 0 Å². The molecule has 1 amide bonds. The molecule has 24 heavy (non-hydrogen) atoms. The summed E-state index contributed by atoms with van der Waals surface area (Å²) >= 11 is 0. The van der Waals surface area contributed by atoms with Gasteiger partial charge in [0.2, 0.25) is 5.91 Å². The van der Waals surface area contributed by atoms with E-state index in [9.17, 15) is 4.79 Å². The number of benzene rings is 2. The van der Waals surface area contributed by atoms with Crippen molar-refractivity contribution in [2.75, 3.05) is 10.2 Å². The van der Waals surface area contributed by atoms with Crippen molar-refractivity contribution in [3.8, 4) is 0 Å². The zero-order valence-corrected chi connectivity index (χ0v) is 14.3. The van der Waals surface area contributed by atoms with Crippen molar-refractivity contribution in [3.63, 3.8) is 0 Å². The van der Waals surface area contributed by atoms with Crippen LogP contribution in [-0.2, 0) is 4.79 Å². The summed E-state index contributed by atoms with van der Waals surface area (Å²) in [5.41, 5.74) is 3.43. The van der Waals surface area contributed by atoms with Crippen molar-refractivity contribution in [2.45, 2.75) is 38.8 Å². The zero-order chi connectivity index (χ0) is 16.7. The van der Waals surface area contributed by atoms with Gasteiger partial charge in [0.15, 0.2) is 0 Å². The first-order valence-electron chi connectivity index (χ1n) is 8.87. The smallest absolute Gasteiger partial charge is 0.224 e. The van der Waals surface area contributed by atoms with Gasteiger partial charge in [0.05, 0.1) is 6.04 Å². The van der Waals surface area contributed by atoms with Crippen molar-refractivity contribution >= 4 is 17.3 Å². The minimum absolute atomic E-state index is 0.157. The third kappa shape index (κ3) is 2.58. The Labute approximate surface area is 143 Å². The summed E-state index contributed by atoms with van der Waals surface area (Å²) in [7, 11) is 0. The maximum Gasteiger partial charge on any atom is 0.224 e. The largest absolute Gasteiger partial charge is 0.378 e. The fraction of sp³-hybridized carbons (Fsp3) is 0.381. The summed E-state index contributed by atoms with van der Waals surface area (Å²) in [5.74, 6) is 1.16.